The van der Waals surface area contributed by atoms with Gasteiger partial charge in [-0.3, -0.25) is 9.56 Å². The van der Waals surface area contributed by atoms with E-state index in [9.17, 15) is 9.36 Å². The van der Waals surface area contributed by atoms with Crippen LogP contribution in [0.15, 0.2) is 54.6 Å². The second kappa shape index (κ2) is 11.6. The fraction of sp³-hybridized carbons (Fsp3) is 0.280. The van der Waals surface area contributed by atoms with Crippen LogP contribution in [0.5, 0.6) is 0 Å². The predicted molar refractivity (Wildman–Crippen MR) is 146 cm³/mol. The molecule has 0 bridgehead atoms. The van der Waals surface area contributed by atoms with Crippen molar-refractivity contribution in [1.29, 1.82) is 0 Å². The molecule has 190 valence electrons. The SMILES string of the molecule is C[NH+]=C(Nc1sc(C(=O)OC)cc1[P@](=O)(Nc1ccc(C)c(Cl)c1)N1CCOCC1)c1ccccc1. The third-order valence-corrected chi connectivity index (χ3v) is 10.2. The summed E-state index contributed by atoms with van der Waals surface area (Å²) >= 11 is 7.57. The Morgan fingerprint density at radius 3 is 2.53 bits per heavy atom. The molecule has 0 radical (unpaired) electrons. The van der Waals surface area contributed by atoms with Crippen molar-refractivity contribution < 1.29 is 23.8 Å². The summed E-state index contributed by atoms with van der Waals surface area (Å²) in [7, 11) is -0.351. The minimum atomic E-state index is -3.49. The first-order chi connectivity index (χ1) is 17.4. The highest BCUT2D eigenvalue weighted by Crippen LogP contribution is 2.52. The molecule has 8 nitrogen and oxygen atoms in total. The largest absolute Gasteiger partial charge is 0.465 e. The molecule has 36 heavy (non-hydrogen) atoms. The Kier molecular flexibility index (Phi) is 8.49. The Balaban J connectivity index is 1.83. The Morgan fingerprint density at radius 1 is 1.17 bits per heavy atom. The summed E-state index contributed by atoms with van der Waals surface area (Å²) in [5.41, 5.74) is 2.46. The molecule has 2 heterocycles. The number of nitrogens with one attached hydrogen (secondary N) is 3. The number of aryl methyl sites for hydroxylation is 1. The van der Waals surface area contributed by atoms with E-state index in [0.29, 0.717) is 58.0 Å². The Bertz CT molecular complexity index is 1310. The van der Waals surface area contributed by atoms with Crippen molar-refractivity contribution in [3.05, 3.63) is 75.6 Å². The van der Waals surface area contributed by atoms with Crippen LogP contribution in [0.4, 0.5) is 10.7 Å². The van der Waals surface area contributed by atoms with Crippen LogP contribution in [0.25, 0.3) is 0 Å². The molecule has 1 fully saturated rings. The van der Waals surface area contributed by atoms with Gasteiger partial charge in [-0.15, -0.1) is 0 Å². The number of methoxy groups -OCH3 is 1. The maximum absolute atomic E-state index is 15.0. The first-order valence-electron chi connectivity index (χ1n) is 11.4. The van der Waals surface area contributed by atoms with E-state index in [0.717, 1.165) is 11.1 Å². The normalized spacial score (nSPS) is 16.3. The molecule has 4 rings (SSSR count). The molecule has 1 aliphatic heterocycles. The molecule has 0 unspecified atom stereocenters. The van der Waals surface area contributed by atoms with Crippen molar-refractivity contribution in [3.63, 3.8) is 0 Å². The molecule has 3 aromatic rings. The number of nitrogens with zero attached hydrogens (tertiary/aromatic N) is 1. The van der Waals surface area contributed by atoms with Gasteiger partial charge < -0.3 is 14.6 Å². The number of carbonyl (C=O) groups excluding carboxylic acids is 1. The van der Waals surface area contributed by atoms with Crippen LogP contribution < -0.4 is 20.7 Å². The van der Waals surface area contributed by atoms with Crippen LogP contribution in [0.3, 0.4) is 0 Å². The smallest absolute Gasteiger partial charge is 0.348 e. The third kappa shape index (κ3) is 5.66. The van der Waals surface area contributed by atoms with Crippen LogP contribution in [-0.2, 0) is 14.0 Å². The Labute approximate surface area is 219 Å². The second-order valence-corrected chi connectivity index (χ2v) is 12.0. The van der Waals surface area contributed by atoms with E-state index in [2.05, 4.69) is 15.4 Å². The molecule has 1 saturated heterocycles. The molecular formula is C25H29ClN4O4PS+. The van der Waals surface area contributed by atoms with Crippen LogP contribution in [-0.4, -0.2) is 56.9 Å². The lowest BCUT2D eigenvalue weighted by molar-refractivity contribution is -0.419. The van der Waals surface area contributed by atoms with Crippen molar-refractivity contribution in [3.8, 4) is 0 Å². The van der Waals surface area contributed by atoms with Crippen molar-refractivity contribution >= 4 is 58.2 Å². The van der Waals surface area contributed by atoms with E-state index in [1.54, 1.807) is 19.2 Å². The van der Waals surface area contributed by atoms with Crippen molar-refractivity contribution in [2.24, 2.45) is 0 Å². The number of hydrogen-bond acceptors (Lipinski definition) is 5. The molecule has 1 atom stereocenters. The molecule has 0 amide bonds. The quantitative estimate of drug-likeness (QED) is 0.181. The summed E-state index contributed by atoms with van der Waals surface area (Å²) in [6.45, 7) is 3.75. The van der Waals surface area contributed by atoms with E-state index >= 15 is 0 Å². The summed E-state index contributed by atoms with van der Waals surface area (Å²) in [5, 5.41) is 8.29. The number of amidine groups is 1. The number of thiophene rings is 1. The lowest BCUT2D eigenvalue weighted by atomic mass is 10.2. The van der Waals surface area contributed by atoms with Gasteiger partial charge in [-0.05, 0) is 42.8 Å². The fourth-order valence-corrected chi connectivity index (χ4v) is 7.92. The number of benzene rings is 2. The lowest BCUT2D eigenvalue weighted by Crippen LogP contribution is -2.70. The molecular weight excluding hydrogens is 519 g/mol. The maximum Gasteiger partial charge on any atom is 0.348 e. The maximum atomic E-state index is 15.0. The van der Waals surface area contributed by atoms with Crippen molar-refractivity contribution in [2.75, 3.05) is 50.9 Å². The number of esters is 1. The molecule has 0 saturated carbocycles. The minimum Gasteiger partial charge on any atom is -0.465 e. The van der Waals surface area contributed by atoms with Crippen LogP contribution >= 0.6 is 30.4 Å². The summed E-state index contributed by atoms with van der Waals surface area (Å²) in [4.78, 5) is 16.0. The number of hydrogen-bond donors (Lipinski definition) is 3. The number of halogens is 1. The van der Waals surface area contributed by atoms with Gasteiger partial charge in [0.05, 0.1) is 32.9 Å². The average molecular weight is 548 g/mol. The zero-order chi connectivity index (χ0) is 25.7. The number of anilines is 2. The number of ether oxygens (including phenoxy) is 2. The first kappa shape index (κ1) is 26.4. The summed E-state index contributed by atoms with van der Waals surface area (Å²) in [5.74, 6) is 0.217. The third-order valence-electron chi connectivity index (χ3n) is 5.81. The summed E-state index contributed by atoms with van der Waals surface area (Å²) < 4.78 is 27.4. The zero-order valence-electron chi connectivity index (χ0n) is 20.3. The van der Waals surface area contributed by atoms with Crippen LogP contribution in [0.1, 0.15) is 20.8 Å². The first-order valence-corrected chi connectivity index (χ1v) is 14.3. The van der Waals surface area contributed by atoms with Crippen molar-refractivity contribution in [1.82, 2.24) is 4.67 Å². The highest BCUT2D eigenvalue weighted by Gasteiger charge is 2.40. The van der Waals surface area contributed by atoms with E-state index < -0.39 is 13.4 Å². The molecule has 2 aromatic carbocycles. The van der Waals surface area contributed by atoms with E-state index in [1.807, 2.05) is 54.1 Å². The zero-order valence-corrected chi connectivity index (χ0v) is 22.8. The van der Waals surface area contributed by atoms with Crippen LogP contribution in [0, 0.1) is 6.92 Å². The fourth-order valence-electron chi connectivity index (χ4n) is 3.85. The standard InChI is InChI=1S/C25H28ClN4O4PS/c1-17-9-10-19(15-20(17)26)29-35(32,30-11-13-34-14-12-30)21-16-22(25(31)33-3)36-24(21)28-23(27-2)18-7-5-4-6-8-18/h4-10,15-16H,11-14H2,1-3H3,(H,27,28)(H,29,32)/p+1/t35-/m0/s1. The van der Waals surface area contributed by atoms with Gasteiger partial charge in [0, 0.05) is 23.8 Å². The predicted octanol–water partition coefficient (Wildman–Crippen LogP) is 3.33. The highest BCUT2D eigenvalue weighted by molar-refractivity contribution is 7.71. The molecule has 0 aliphatic carbocycles. The molecule has 3 N–H and O–H groups in total. The topological polar surface area (TPSA) is 93.9 Å². The van der Waals surface area contributed by atoms with Gasteiger partial charge in [0.15, 0.2) is 5.00 Å². The molecule has 11 heteroatoms. The highest BCUT2D eigenvalue weighted by atomic mass is 35.5. The molecule has 1 aromatic heterocycles. The van der Waals surface area contributed by atoms with Gasteiger partial charge in [0.1, 0.15) is 10.2 Å². The van der Waals surface area contributed by atoms with Gasteiger partial charge in [-0.1, -0.05) is 47.2 Å². The van der Waals surface area contributed by atoms with Gasteiger partial charge in [0.25, 0.3) is 13.3 Å². The summed E-state index contributed by atoms with van der Waals surface area (Å²) in [6, 6.07) is 16.9. The molecule has 1 aliphatic rings. The van der Waals surface area contributed by atoms with E-state index in [4.69, 9.17) is 21.1 Å². The second-order valence-electron chi connectivity index (χ2n) is 8.15. The monoisotopic (exact) mass is 547 g/mol. The minimum absolute atomic E-state index is 0.343. The van der Waals surface area contributed by atoms with Crippen molar-refractivity contribution in [2.45, 2.75) is 6.92 Å². The van der Waals surface area contributed by atoms with Gasteiger partial charge >= 0.3 is 5.97 Å². The van der Waals surface area contributed by atoms with E-state index in [-0.39, 0.29) is 0 Å². The van der Waals surface area contributed by atoms with Gasteiger partial charge in [-0.25, -0.2) is 14.8 Å². The number of carbonyl (C=O) groups is 1. The summed E-state index contributed by atoms with van der Waals surface area (Å²) in [6.07, 6.45) is 0. The van der Waals surface area contributed by atoms with Gasteiger partial charge in [0.2, 0.25) is 0 Å². The lowest BCUT2D eigenvalue weighted by Gasteiger charge is -2.35. The number of rotatable bonds is 7. The average Bonchev–Trinajstić information content (AvgIpc) is 3.34. The number of morpholine rings is 1. The molecule has 0 spiro atoms. The Morgan fingerprint density at radius 2 is 1.89 bits per heavy atom. The van der Waals surface area contributed by atoms with E-state index in [1.165, 1.54) is 18.4 Å². The van der Waals surface area contributed by atoms with Gasteiger partial charge in [-0.2, -0.15) is 0 Å². The Hall–Kier alpha value is -2.68. The van der Waals surface area contributed by atoms with Crippen LogP contribution in [0.2, 0.25) is 5.02 Å².